The number of benzene rings is 2. The predicted molar refractivity (Wildman–Crippen MR) is 87.7 cm³/mol. The van der Waals surface area contributed by atoms with Gasteiger partial charge in [0.15, 0.2) is 0 Å². The smallest absolute Gasteiger partial charge is 0.138 e. The maximum absolute atomic E-state index is 11.5. The van der Waals surface area contributed by atoms with Crippen LogP contribution in [-0.2, 0) is 6.54 Å². The number of hydrogen-bond acceptors (Lipinski definition) is 5. The third kappa shape index (κ3) is 2.35. The average molecular weight is 312 g/mol. The van der Waals surface area contributed by atoms with Crippen LogP contribution in [-0.4, -0.2) is 28.0 Å². The number of H-pyrrole nitrogens is 1. The van der Waals surface area contributed by atoms with Gasteiger partial charge in [-0.25, -0.2) is 4.98 Å². The molecule has 0 spiro atoms. The monoisotopic (exact) mass is 312 g/mol. The van der Waals surface area contributed by atoms with Gasteiger partial charge in [0.2, 0.25) is 0 Å². The van der Waals surface area contributed by atoms with Gasteiger partial charge in [-0.1, -0.05) is 0 Å². The fourth-order valence-corrected chi connectivity index (χ4v) is 3.48. The Morgan fingerprint density at radius 1 is 1.27 bits per heavy atom. The first-order valence-electron chi connectivity index (χ1n) is 6.95. The van der Waals surface area contributed by atoms with Crippen molar-refractivity contribution in [2.45, 2.75) is 11.4 Å². The van der Waals surface area contributed by atoms with E-state index in [0.29, 0.717) is 12.4 Å². The topological polar surface area (TPSA) is 64.2 Å². The summed E-state index contributed by atoms with van der Waals surface area (Å²) in [6.45, 7) is 0.440. The zero-order valence-corrected chi connectivity index (χ0v) is 12.8. The highest BCUT2D eigenvalue weighted by molar-refractivity contribution is 7.99. The number of aromatic nitrogens is 2. The van der Waals surface area contributed by atoms with Gasteiger partial charge in [0.05, 0.1) is 18.1 Å². The molecule has 6 heteroatoms. The molecule has 2 heterocycles. The molecule has 0 amide bonds. The molecule has 1 aliphatic heterocycles. The molecule has 0 fully saturated rings. The Kier molecular flexibility index (Phi) is 3.29. The number of nitrogens with one attached hydrogen (secondary N) is 1. The van der Waals surface area contributed by atoms with Gasteiger partial charge in [0.1, 0.15) is 11.6 Å². The number of fused-ring (bicyclic) bond motifs is 2. The summed E-state index contributed by atoms with van der Waals surface area (Å²) in [7, 11) is 1.65. The van der Waals surface area contributed by atoms with E-state index in [1.807, 2.05) is 30.3 Å². The first-order valence-corrected chi connectivity index (χ1v) is 7.93. The van der Waals surface area contributed by atoms with Crippen LogP contribution in [0.15, 0.2) is 41.3 Å². The number of ether oxygens (including phenoxy) is 1. The van der Waals surface area contributed by atoms with E-state index in [0.717, 1.165) is 43.7 Å². The van der Waals surface area contributed by atoms with Crippen LogP contribution in [0.25, 0.3) is 22.4 Å². The van der Waals surface area contributed by atoms with Gasteiger partial charge in [0.25, 0.3) is 0 Å². The highest BCUT2D eigenvalue weighted by Gasteiger charge is 2.14. The summed E-state index contributed by atoms with van der Waals surface area (Å²) in [6, 6.07) is 11.9. The quantitative estimate of drug-likeness (QED) is 0.783. The molecule has 3 aromatic rings. The molecule has 0 atom stereocenters. The van der Waals surface area contributed by atoms with E-state index in [2.05, 4.69) is 16.0 Å². The lowest BCUT2D eigenvalue weighted by Gasteiger charge is -2.32. The molecule has 0 aliphatic carbocycles. The summed E-state index contributed by atoms with van der Waals surface area (Å²) in [4.78, 5) is 9.14. The standard InChI is InChI=1S/C16H14N3O2S/c1-21-12-4-2-10(3-5-12)16-17-13-6-11-8-19(20)9-22-15(11)7-14(13)18-16/h2-7H,8-9H2,1H3,(H,17,18)/q-1. The molecule has 0 radical (unpaired) electrons. The van der Waals surface area contributed by atoms with Crippen molar-refractivity contribution < 1.29 is 4.74 Å². The molecule has 0 bridgehead atoms. The molecular formula is C16H14N3O2S-. The van der Waals surface area contributed by atoms with Crippen LogP contribution < -0.4 is 4.74 Å². The number of nitrogens with zero attached hydrogens (tertiary/aromatic N) is 2. The van der Waals surface area contributed by atoms with Crippen LogP contribution in [0.5, 0.6) is 5.75 Å². The summed E-state index contributed by atoms with van der Waals surface area (Å²) in [5.41, 5.74) is 3.95. The van der Waals surface area contributed by atoms with Gasteiger partial charge >= 0.3 is 0 Å². The average Bonchev–Trinajstić information content (AvgIpc) is 2.95. The van der Waals surface area contributed by atoms with Crippen molar-refractivity contribution >= 4 is 22.8 Å². The fraction of sp³-hybridized carbons (Fsp3) is 0.188. The van der Waals surface area contributed by atoms with Gasteiger partial charge in [-0.15, -0.1) is 11.8 Å². The normalized spacial score (nSPS) is 15.0. The number of thioether (sulfide) groups is 1. The van der Waals surface area contributed by atoms with Gasteiger partial charge in [0, 0.05) is 22.9 Å². The van der Waals surface area contributed by atoms with E-state index in [1.54, 1.807) is 18.9 Å². The van der Waals surface area contributed by atoms with E-state index in [1.165, 1.54) is 0 Å². The molecule has 1 aromatic heterocycles. The van der Waals surface area contributed by atoms with Crippen molar-refractivity contribution in [1.29, 1.82) is 0 Å². The number of imidazole rings is 1. The minimum atomic E-state index is 0.440. The molecule has 4 rings (SSSR count). The third-order valence-corrected chi connectivity index (χ3v) is 4.85. The zero-order chi connectivity index (χ0) is 15.1. The van der Waals surface area contributed by atoms with E-state index in [4.69, 9.17) is 4.74 Å². The van der Waals surface area contributed by atoms with Crippen LogP contribution >= 0.6 is 11.8 Å². The van der Waals surface area contributed by atoms with Crippen molar-refractivity contribution in [3.05, 3.63) is 47.2 Å². The zero-order valence-electron chi connectivity index (χ0n) is 12.0. The van der Waals surface area contributed by atoms with E-state index in [-0.39, 0.29) is 0 Å². The second kappa shape index (κ2) is 5.31. The molecule has 112 valence electrons. The molecule has 2 aromatic carbocycles. The number of rotatable bonds is 2. The molecular weight excluding hydrogens is 298 g/mol. The second-order valence-corrected chi connectivity index (χ2v) is 6.19. The number of aromatic amines is 1. The van der Waals surface area contributed by atoms with Crippen molar-refractivity contribution in [3.63, 3.8) is 0 Å². The van der Waals surface area contributed by atoms with E-state index < -0.39 is 0 Å². The van der Waals surface area contributed by atoms with Crippen molar-refractivity contribution in [2.75, 3.05) is 13.0 Å². The maximum atomic E-state index is 11.5. The minimum Gasteiger partial charge on any atom is -0.784 e. The molecule has 0 saturated carbocycles. The lowest BCUT2D eigenvalue weighted by Crippen LogP contribution is -2.19. The fourth-order valence-electron chi connectivity index (χ4n) is 2.60. The SMILES string of the molecule is COc1ccc(-c2nc3cc4c(cc3[nH]2)CN([O-])CS4)cc1. The Balaban J connectivity index is 1.76. The van der Waals surface area contributed by atoms with Crippen LogP contribution in [0, 0.1) is 5.21 Å². The first-order chi connectivity index (χ1) is 10.7. The third-order valence-electron chi connectivity index (χ3n) is 3.74. The maximum Gasteiger partial charge on any atom is 0.138 e. The van der Waals surface area contributed by atoms with E-state index >= 15 is 0 Å². The highest BCUT2D eigenvalue weighted by atomic mass is 32.2. The number of methoxy groups -OCH3 is 1. The number of hydroxylamine groups is 2. The van der Waals surface area contributed by atoms with Crippen LogP contribution in [0.2, 0.25) is 0 Å². The summed E-state index contributed by atoms with van der Waals surface area (Å²) in [5.74, 6) is 2.13. The molecule has 0 unspecified atom stereocenters. The van der Waals surface area contributed by atoms with Crippen molar-refractivity contribution in [2.24, 2.45) is 0 Å². The van der Waals surface area contributed by atoms with Gasteiger partial charge in [-0.3, -0.25) is 0 Å². The van der Waals surface area contributed by atoms with Crippen molar-refractivity contribution in [3.8, 4) is 17.1 Å². The molecule has 1 aliphatic rings. The summed E-state index contributed by atoms with van der Waals surface area (Å²) >= 11 is 1.56. The minimum absolute atomic E-state index is 0.440. The van der Waals surface area contributed by atoms with Gasteiger partial charge in [-0.05, 0) is 42.0 Å². The Bertz CT molecular complexity index is 829. The predicted octanol–water partition coefficient (Wildman–Crippen LogP) is 3.60. The van der Waals surface area contributed by atoms with Crippen molar-refractivity contribution in [1.82, 2.24) is 15.0 Å². The molecule has 22 heavy (non-hydrogen) atoms. The number of hydrogen-bond donors (Lipinski definition) is 1. The summed E-state index contributed by atoms with van der Waals surface area (Å²) < 4.78 is 5.17. The molecule has 5 nitrogen and oxygen atoms in total. The van der Waals surface area contributed by atoms with Crippen LogP contribution in [0.4, 0.5) is 0 Å². The lowest BCUT2D eigenvalue weighted by molar-refractivity contribution is 0.415. The molecule has 0 saturated heterocycles. The van der Waals surface area contributed by atoms with Gasteiger partial charge < -0.3 is 20.0 Å². The Hall–Kier alpha value is -2.02. The second-order valence-electron chi connectivity index (χ2n) is 5.20. The van der Waals surface area contributed by atoms with Crippen LogP contribution in [0.3, 0.4) is 0 Å². The Morgan fingerprint density at radius 2 is 2.09 bits per heavy atom. The highest BCUT2D eigenvalue weighted by Crippen LogP contribution is 2.33. The molecule has 1 N–H and O–H groups in total. The summed E-state index contributed by atoms with van der Waals surface area (Å²) in [5, 5.41) is 12.6. The first kappa shape index (κ1) is 13.6. The largest absolute Gasteiger partial charge is 0.784 e. The lowest BCUT2D eigenvalue weighted by atomic mass is 10.2. The van der Waals surface area contributed by atoms with Gasteiger partial charge in [-0.2, -0.15) is 0 Å². The van der Waals surface area contributed by atoms with Crippen LogP contribution in [0.1, 0.15) is 5.56 Å². The summed E-state index contributed by atoms with van der Waals surface area (Å²) in [6.07, 6.45) is 0. The Labute approximate surface area is 131 Å². The Morgan fingerprint density at radius 3 is 2.86 bits per heavy atom. The van der Waals surface area contributed by atoms with E-state index in [9.17, 15) is 5.21 Å².